The molecular formula is C13H13BrFNO. The summed E-state index contributed by atoms with van der Waals surface area (Å²) in [6.45, 7) is 2.64. The Labute approximate surface area is 108 Å². The van der Waals surface area contributed by atoms with E-state index in [-0.39, 0.29) is 11.9 Å². The van der Waals surface area contributed by atoms with Crippen LogP contribution in [0.3, 0.4) is 0 Å². The Balaban J connectivity index is 2.00. The summed E-state index contributed by atoms with van der Waals surface area (Å²) in [6.07, 6.45) is 3.35. The van der Waals surface area contributed by atoms with Gasteiger partial charge in [-0.25, -0.2) is 4.39 Å². The van der Waals surface area contributed by atoms with Crippen LogP contribution in [0, 0.1) is 5.82 Å². The molecule has 1 N–H and O–H groups in total. The highest BCUT2D eigenvalue weighted by Gasteiger charge is 2.07. The summed E-state index contributed by atoms with van der Waals surface area (Å²) >= 11 is 3.40. The first-order chi connectivity index (χ1) is 8.16. The summed E-state index contributed by atoms with van der Waals surface area (Å²) in [5.41, 5.74) is 1.98. The Bertz CT molecular complexity index is 484. The number of furan rings is 1. The van der Waals surface area contributed by atoms with Gasteiger partial charge in [-0.1, -0.05) is 15.9 Å². The van der Waals surface area contributed by atoms with Crippen molar-refractivity contribution in [2.24, 2.45) is 0 Å². The largest absolute Gasteiger partial charge is 0.472 e. The maximum absolute atomic E-state index is 13.1. The van der Waals surface area contributed by atoms with E-state index in [1.54, 1.807) is 18.6 Å². The van der Waals surface area contributed by atoms with Gasteiger partial charge in [0.25, 0.3) is 0 Å². The third-order valence-corrected chi connectivity index (χ3v) is 3.42. The second-order valence-corrected chi connectivity index (χ2v) is 4.75. The number of hydrogen-bond acceptors (Lipinski definition) is 2. The monoisotopic (exact) mass is 297 g/mol. The molecule has 0 spiro atoms. The van der Waals surface area contributed by atoms with Gasteiger partial charge in [0.2, 0.25) is 0 Å². The molecule has 2 aromatic rings. The number of nitrogens with one attached hydrogen (secondary N) is 1. The topological polar surface area (TPSA) is 25.2 Å². The minimum atomic E-state index is -0.221. The molecule has 1 aromatic heterocycles. The van der Waals surface area contributed by atoms with Crippen molar-refractivity contribution >= 4 is 15.9 Å². The predicted molar refractivity (Wildman–Crippen MR) is 68.1 cm³/mol. The van der Waals surface area contributed by atoms with Gasteiger partial charge in [-0.15, -0.1) is 0 Å². The van der Waals surface area contributed by atoms with Crippen LogP contribution in [0.25, 0.3) is 0 Å². The molecule has 0 bridgehead atoms. The van der Waals surface area contributed by atoms with Crippen molar-refractivity contribution in [1.82, 2.24) is 5.32 Å². The molecule has 17 heavy (non-hydrogen) atoms. The van der Waals surface area contributed by atoms with Gasteiger partial charge in [-0.3, -0.25) is 0 Å². The van der Waals surface area contributed by atoms with Crippen LogP contribution in [-0.2, 0) is 6.54 Å². The Morgan fingerprint density at radius 3 is 2.94 bits per heavy atom. The van der Waals surface area contributed by atoms with Gasteiger partial charge in [0.15, 0.2) is 0 Å². The third-order valence-electron chi connectivity index (χ3n) is 2.65. The SMILES string of the molecule is CC(NCc1cc(F)ccc1Br)c1ccoc1. The van der Waals surface area contributed by atoms with E-state index in [4.69, 9.17) is 4.42 Å². The van der Waals surface area contributed by atoms with Crippen molar-refractivity contribution < 1.29 is 8.81 Å². The maximum atomic E-state index is 13.1. The highest BCUT2D eigenvalue weighted by molar-refractivity contribution is 9.10. The molecule has 0 saturated carbocycles. The molecule has 0 amide bonds. The van der Waals surface area contributed by atoms with Gasteiger partial charge in [-0.2, -0.15) is 0 Å². The van der Waals surface area contributed by atoms with Crippen molar-refractivity contribution in [3.63, 3.8) is 0 Å². The van der Waals surface area contributed by atoms with E-state index >= 15 is 0 Å². The average Bonchev–Trinajstić information content (AvgIpc) is 2.83. The molecule has 1 aromatic carbocycles. The van der Waals surface area contributed by atoms with Crippen LogP contribution in [0.15, 0.2) is 45.7 Å². The summed E-state index contributed by atoms with van der Waals surface area (Å²) in [4.78, 5) is 0. The maximum Gasteiger partial charge on any atom is 0.123 e. The van der Waals surface area contributed by atoms with E-state index in [0.717, 1.165) is 15.6 Å². The Morgan fingerprint density at radius 1 is 1.41 bits per heavy atom. The molecule has 4 heteroatoms. The van der Waals surface area contributed by atoms with E-state index in [2.05, 4.69) is 21.2 Å². The minimum absolute atomic E-state index is 0.170. The highest BCUT2D eigenvalue weighted by Crippen LogP contribution is 2.19. The van der Waals surface area contributed by atoms with Crippen molar-refractivity contribution in [2.45, 2.75) is 19.5 Å². The lowest BCUT2D eigenvalue weighted by atomic mass is 10.1. The van der Waals surface area contributed by atoms with Crippen LogP contribution in [0.5, 0.6) is 0 Å². The van der Waals surface area contributed by atoms with Gasteiger partial charge in [0.05, 0.1) is 12.5 Å². The minimum Gasteiger partial charge on any atom is -0.472 e. The number of rotatable bonds is 4. The molecule has 0 radical (unpaired) electrons. The van der Waals surface area contributed by atoms with Crippen molar-refractivity contribution in [3.05, 3.63) is 58.2 Å². The first kappa shape index (κ1) is 12.3. The zero-order valence-corrected chi connectivity index (χ0v) is 11.0. The molecule has 1 atom stereocenters. The Kier molecular flexibility index (Phi) is 3.97. The van der Waals surface area contributed by atoms with Gasteiger partial charge in [0, 0.05) is 22.6 Å². The summed E-state index contributed by atoms with van der Waals surface area (Å²) in [5.74, 6) is -0.221. The first-order valence-corrected chi connectivity index (χ1v) is 6.15. The normalized spacial score (nSPS) is 12.6. The molecule has 2 rings (SSSR count). The molecule has 1 unspecified atom stereocenters. The van der Waals surface area contributed by atoms with Gasteiger partial charge < -0.3 is 9.73 Å². The summed E-state index contributed by atoms with van der Waals surface area (Å²) in [5, 5.41) is 3.31. The fourth-order valence-electron chi connectivity index (χ4n) is 1.58. The van der Waals surface area contributed by atoms with E-state index in [9.17, 15) is 4.39 Å². The van der Waals surface area contributed by atoms with Gasteiger partial charge >= 0.3 is 0 Å². The highest BCUT2D eigenvalue weighted by atomic mass is 79.9. The molecule has 0 fully saturated rings. The van der Waals surface area contributed by atoms with Crippen LogP contribution in [0.2, 0.25) is 0 Å². The molecule has 0 aliphatic heterocycles. The second-order valence-electron chi connectivity index (χ2n) is 3.90. The fourth-order valence-corrected chi connectivity index (χ4v) is 1.97. The van der Waals surface area contributed by atoms with E-state index < -0.39 is 0 Å². The third kappa shape index (κ3) is 3.17. The molecule has 90 valence electrons. The van der Waals surface area contributed by atoms with E-state index in [1.807, 2.05) is 13.0 Å². The number of benzene rings is 1. The van der Waals surface area contributed by atoms with Crippen LogP contribution in [0.4, 0.5) is 4.39 Å². The average molecular weight is 298 g/mol. The zero-order valence-electron chi connectivity index (χ0n) is 9.41. The van der Waals surface area contributed by atoms with Crippen LogP contribution in [0.1, 0.15) is 24.1 Å². The second kappa shape index (κ2) is 5.47. The fraction of sp³-hybridized carbons (Fsp3) is 0.231. The molecule has 0 saturated heterocycles. The zero-order chi connectivity index (χ0) is 12.3. The van der Waals surface area contributed by atoms with Gasteiger partial charge in [0.1, 0.15) is 5.82 Å². The predicted octanol–water partition coefficient (Wildman–Crippen LogP) is 4.03. The lowest BCUT2D eigenvalue weighted by Crippen LogP contribution is -2.17. The molecular weight excluding hydrogens is 285 g/mol. The quantitative estimate of drug-likeness (QED) is 0.922. The van der Waals surface area contributed by atoms with E-state index in [1.165, 1.54) is 12.1 Å². The van der Waals surface area contributed by atoms with Gasteiger partial charge in [-0.05, 0) is 36.8 Å². The first-order valence-electron chi connectivity index (χ1n) is 5.36. The summed E-state index contributed by atoms with van der Waals surface area (Å²) < 4.78 is 19.0. The van der Waals surface area contributed by atoms with E-state index in [0.29, 0.717) is 6.54 Å². The Hall–Kier alpha value is -1.13. The van der Waals surface area contributed by atoms with Crippen molar-refractivity contribution in [1.29, 1.82) is 0 Å². The smallest absolute Gasteiger partial charge is 0.123 e. The molecule has 2 nitrogen and oxygen atoms in total. The van der Waals surface area contributed by atoms with Crippen LogP contribution in [-0.4, -0.2) is 0 Å². The number of halogens is 2. The Morgan fingerprint density at radius 2 is 2.24 bits per heavy atom. The summed E-state index contributed by atoms with van der Waals surface area (Å²) in [6, 6.07) is 6.77. The lowest BCUT2D eigenvalue weighted by Gasteiger charge is -2.12. The van der Waals surface area contributed by atoms with Crippen LogP contribution >= 0.6 is 15.9 Å². The molecule has 0 aliphatic rings. The number of hydrogen-bond donors (Lipinski definition) is 1. The lowest BCUT2D eigenvalue weighted by molar-refractivity contribution is 0.536. The van der Waals surface area contributed by atoms with Crippen LogP contribution < -0.4 is 5.32 Å². The molecule has 1 heterocycles. The van der Waals surface area contributed by atoms with Crippen molar-refractivity contribution in [2.75, 3.05) is 0 Å². The summed E-state index contributed by atoms with van der Waals surface area (Å²) in [7, 11) is 0. The molecule has 0 aliphatic carbocycles. The van der Waals surface area contributed by atoms with Crippen molar-refractivity contribution in [3.8, 4) is 0 Å². The standard InChI is InChI=1S/C13H13BrFNO/c1-9(10-4-5-17-8-10)16-7-11-6-12(15)2-3-13(11)14/h2-6,8-9,16H,7H2,1H3.